The molecular weight excluding hydrogens is 206 g/mol. The molecular formula is C12H17NO3. The van der Waals surface area contributed by atoms with Crippen molar-refractivity contribution in [1.29, 1.82) is 0 Å². The largest absolute Gasteiger partial charge is 0.475 e. The molecule has 0 atom stereocenters. The second-order valence-electron chi connectivity index (χ2n) is 4.53. The monoisotopic (exact) mass is 223 g/mol. The molecule has 0 aliphatic heterocycles. The Balaban J connectivity index is 2.03. The second-order valence-corrected chi connectivity index (χ2v) is 4.53. The minimum absolute atomic E-state index is 0.0667. The molecule has 1 aromatic heterocycles. The van der Waals surface area contributed by atoms with Crippen LogP contribution < -0.4 is 0 Å². The van der Waals surface area contributed by atoms with Crippen LogP contribution in [-0.4, -0.2) is 29.1 Å². The number of nitrogens with zero attached hydrogens (tertiary/aromatic N) is 1. The SMILES string of the molecule is Cc1cc(CN(C)C2CCC2)oc1C(=O)O. The third-order valence-electron chi connectivity index (χ3n) is 3.27. The normalized spacial score (nSPS) is 16.4. The Kier molecular flexibility index (Phi) is 3.01. The van der Waals surface area contributed by atoms with Gasteiger partial charge >= 0.3 is 5.97 Å². The van der Waals surface area contributed by atoms with Crippen molar-refractivity contribution in [1.82, 2.24) is 4.90 Å². The van der Waals surface area contributed by atoms with Crippen molar-refractivity contribution in [2.24, 2.45) is 0 Å². The summed E-state index contributed by atoms with van der Waals surface area (Å²) in [5.74, 6) is -0.184. The van der Waals surface area contributed by atoms with Crippen LogP contribution in [-0.2, 0) is 6.54 Å². The first-order valence-electron chi connectivity index (χ1n) is 5.61. The van der Waals surface area contributed by atoms with Crippen LogP contribution in [0.1, 0.15) is 41.1 Å². The van der Waals surface area contributed by atoms with E-state index in [9.17, 15) is 4.79 Å². The van der Waals surface area contributed by atoms with Crippen molar-refractivity contribution in [2.45, 2.75) is 38.8 Å². The summed E-state index contributed by atoms with van der Waals surface area (Å²) in [5, 5.41) is 8.87. The Morgan fingerprint density at radius 3 is 2.75 bits per heavy atom. The first-order chi connectivity index (χ1) is 7.58. The molecule has 1 aromatic rings. The number of aromatic carboxylic acids is 1. The van der Waals surface area contributed by atoms with E-state index in [1.165, 1.54) is 19.3 Å². The van der Waals surface area contributed by atoms with Gasteiger partial charge in [-0.25, -0.2) is 4.79 Å². The minimum atomic E-state index is -0.991. The van der Waals surface area contributed by atoms with Gasteiger partial charge in [-0.05, 0) is 32.9 Å². The van der Waals surface area contributed by atoms with Crippen molar-refractivity contribution in [3.05, 3.63) is 23.2 Å². The molecule has 1 saturated carbocycles. The predicted molar refractivity (Wildman–Crippen MR) is 59.5 cm³/mol. The van der Waals surface area contributed by atoms with Gasteiger partial charge in [0.15, 0.2) is 0 Å². The first-order valence-corrected chi connectivity index (χ1v) is 5.61. The van der Waals surface area contributed by atoms with Gasteiger partial charge in [0, 0.05) is 11.6 Å². The summed E-state index contributed by atoms with van der Waals surface area (Å²) < 4.78 is 5.32. The van der Waals surface area contributed by atoms with Gasteiger partial charge in [-0.15, -0.1) is 0 Å². The fraction of sp³-hybridized carbons (Fsp3) is 0.583. The van der Waals surface area contributed by atoms with Crippen molar-refractivity contribution in [2.75, 3.05) is 7.05 Å². The number of aryl methyl sites for hydroxylation is 1. The van der Waals surface area contributed by atoms with E-state index in [1.807, 2.05) is 6.07 Å². The Bertz CT molecular complexity index is 393. The molecule has 4 nitrogen and oxygen atoms in total. The maximum absolute atomic E-state index is 10.8. The number of rotatable bonds is 4. The second kappa shape index (κ2) is 4.29. The zero-order valence-electron chi connectivity index (χ0n) is 9.69. The minimum Gasteiger partial charge on any atom is -0.475 e. The Morgan fingerprint density at radius 2 is 2.31 bits per heavy atom. The van der Waals surface area contributed by atoms with Gasteiger partial charge in [0.2, 0.25) is 5.76 Å². The van der Waals surface area contributed by atoms with E-state index >= 15 is 0 Å². The van der Waals surface area contributed by atoms with Gasteiger partial charge in [-0.1, -0.05) is 6.42 Å². The molecule has 2 rings (SSSR count). The molecule has 0 aromatic carbocycles. The van der Waals surface area contributed by atoms with Crippen molar-refractivity contribution in [3.8, 4) is 0 Å². The molecule has 0 radical (unpaired) electrons. The Labute approximate surface area is 94.9 Å². The van der Waals surface area contributed by atoms with Crippen molar-refractivity contribution >= 4 is 5.97 Å². The van der Waals surface area contributed by atoms with Crippen LogP contribution in [0.3, 0.4) is 0 Å². The number of carboxylic acids is 1. The average molecular weight is 223 g/mol. The van der Waals surface area contributed by atoms with E-state index in [2.05, 4.69) is 11.9 Å². The number of carboxylic acid groups (broad SMARTS) is 1. The quantitative estimate of drug-likeness (QED) is 0.850. The number of hydrogen-bond acceptors (Lipinski definition) is 3. The lowest BCUT2D eigenvalue weighted by Gasteiger charge is -2.34. The summed E-state index contributed by atoms with van der Waals surface area (Å²) in [6.07, 6.45) is 3.77. The molecule has 0 saturated heterocycles. The maximum Gasteiger partial charge on any atom is 0.372 e. The molecule has 1 aliphatic carbocycles. The summed E-state index contributed by atoms with van der Waals surface area (Å²) in [6.45, 7) is 2.46. The van der Waals surface area contributed by atoms with Crippen LogP contribution in [0.25, 0.3) is 0 Å². The van der Waals surface area contributed by atoms with Crippen LogP contribution in [0.15, 0.2) is 10.5 Å². The number of furan rings is 1. The van der Waals surface area contributed by atoms with Crippen molar-refractivity contribution < 1.29 is 14.3 Å². The van der Waals surface area contributed by atoms with Crippen LogP contribution in [0, 0.1) is 6.92 Å². The summed E-state index contributed by atoms with van der Waals surface area (Å²) in [4.78, 5) is 13.0. The maximum atomic E-state index is 10.8. The zero-order chi connectivity index (χ0) is 11.7. The smallest absolute Gasteiger partial charge is 0.372 e. The lowest BCUT2D eigenvalue weighted by Crippen LogP contribution is -2.36. The number of hydrogen-bond donors (Lipinski definition) is 1. The lowest BCUT2D eigenvalue weighted by molar-refractivity contribution is 0.0655. The molecule has 0 amide bonds. The Morgan fingerprint density at radius 1 is 1.62 bits per heavy atom. The van der Waals surface area contributed by atoms with E-state index in [-0.39, 0.29) is 5.76 Å². The van der Waals surface area contributed by atoms with Gasteiger partial charge in [0.25, 0.3) is 0 Å². The fourth-order valence-corrected chi connectivity index (χ4v) is 2.04. The number of carbonyl (C=O) groups is 1. The van der Waals surface area contributed by atoms with E-state index in [0.717, 1.165) is 5.76 Å². The highest BCUT2D eigenvalue weighted by molar-refractivity contribution is 5.86. The van der Waals surface area contributed by atoms with Crippen LogP contribution in [0.4, 0.5) is 0 Å². The molecule has 0 bridgehead atoms. The van der Waals surface area contributed by atoms with E-state index in [4.69, 9.17) is 9.52 Å². The molecule has 0 unspecified atom stereocenters. The van der Waals surface area contributed by atoms with Crippen LogP contribution >= 0.6 is 0 Å². The molecule has 1 fully saturated rings. The van der Waals surface area contributed by atoms with E-state index in [1.54, 1.807) is 6.92 Å². The molecule has 4 heteroatoms. The molecule has 88 valence electrons. The summed E-state index contributed by atoms with van der Waals surface area (Å²) >= 11 is 0. The van der Waals surface area contributed by atoms with Gasteiger partial charge in [-0.3, -0.25) is 4.90 Å². The van der Waals surface area contributed by atoms with Gasteiger partial charge < -0.3 is 9.52 Å². The van der Waals surface area contributed by atoms with Crippen molar-refractivity contribution in [3.63, 3.8) is 0 Å². The molecule has 1 heterocycles. The highest BCUT2D eigenvalue weighted by atomic mass is 16.4. The molecule has 1 aliphatic rings. The van der Waals surface area contributed by atoms with Gasteiger partial charge in [-0.2, -0.15) is 0 Å². The van der Waals surface area contributed by atoms with Crippen LogP contribution in [0.5, 0.6) is 0 Å². The molecule has 16 heavy (non-hydrogen) atoms. The summed E-state index contributed by atoms with van der Waals surface area (Å²) in [6, 6.07) is 2.46. The molecule has 0 spiro atoms. The highest BCUT2D eigenvalue weighted by Crippen LogP contribution is 2.25. The summed E-state index contributed by atoms with van der Waals surface area (Å²) in [7, 11) is 2.06. The van der Waals surface area contributed by atoms with Gasteiger partial charge in [0.1, 0.15) is 5.76 Å². The molecule has 1 N–H and O–H groups in total. The summed E-state index contributed by atoms with van der Waals surface area (Å²) in [5.41, 5.74) is 0.699. The third-order valence-corrected chi connectivity index (χ3v) is 3.27. The van der Waals surface area contributed by atoms with E-state index < -0.39 is 5.97 Å². The van der Waals surface area contributed by atoms with Gasteiger partial charge in [0.05, 0.1) is 6.54 Å². The first kappa shape index (κ1) is 11.2. The van der Waals surface area contributed by atoms with E-state index in [0.29, 0.717) is 18.2 Å². The highest BCUT2D eigenvalue weighted by Gasteiger charge is 2.23. The van der Waals surface area contributed by atoms with Crippen LogP contribution in [0.2, 0.25) is 0 Å². The third kappa shape index (κ3) is 2.11. The predicted octanol–water partition coefficient (Wildman–Crippen LogP) is 2.27. The Hall–Kier alpha value is -1.29. The average Bonchev–Trinajstić information content (AvgIpc) is 2.43. The topological polar surface area (TPSA) is 53.7 Å². The standard InChI is InChI=1S/C12H17NO3/c1-8-6-10(16-11(8)12(14)15)7-13(2)9-4-3-5-9/h6,9H,3-5,7H2,1-2H3,(H,14,15). The fourth-order valence-electron chi connectivity index (χ4n) is 2.04. The lowest BCUT2D eigenvalue weighted by atomic mass is 9.92. The zero-order valence-corrected chi connectivity index (χ0v) is 9.69.